The summed E-state index contributed by atoms with van der Waals surface area (Å²) in [6.45, 7) is 12.0. The van der Waals surface area contributed by atoms with E-state index in [2.05, 4.69) is 39.5 Å². The molecule has 1 aliphatic carbocycles. The summed E-state index contributed by atoms with van der Waals surface area (Å²) in [5.41, 5.74) is 0.462. The Hall–Kier alpha value is -0.0400. The van der Waals surface area contributed by atoms with Crippen LogP contribution in [-0.4, -0.2) is 23.0 Å². The lowest BCUT2D eigenvalue weighted by Crippen LogP contribution is -2.51. The zero-order valence-electron chi connectivity index (χ0n) is 10.4. The maximum absolute atomic E-state index is 2.80. The maximum atomic E-state index is 2.80. The number of rotatable bonds is 1. The van der Waals surface area contributed by atoms with Crippen molar-refractivity contribution in [2.75, 3.05) is 0 Å². The van der Waals surface area contributed by atoms with Crippen LogP contribution in [-0.2, 0) is 0 Å². The third-order valence-electron chi connectivity index (χ3n) is 4.12. The quantitative estimate of drug-likeness (QED) is 0.620. The van der Waals surface area contributed by atoms with Gasteiger partial charge >= 0.3 is 0 Å². The van der Waals surface area contributed by atoms with Crippen LogP contribution >= 0.6 is 0 Å². The van der Waals surface area contributed by atoms with Crippen molar-refractivity contribution in [2.24, 2.45) is 11.3 Å². The number of hydrogen-bond donors (Lipinski definition) is 0. The molecule has 1 saturated carbocycles. The van der Waals surface area contributed by atoms with E-state index in [9.17, 15) is 0 Å². The molecule has 0 radical (unpaired) electrons. The molecule has 0 amide bonds. The largest absolute Gasteiger partial charge is 0.294 e. The molecule has 14 heavy (non-hydrogen) atoms. The minimum atomic E-state index is 0.462. The molecule has 82 valence electrons. The Labute approximate surface area is 88.9 Å². The van der Waals surface area contributed by atoms with Gasteiger partial charge in [-0.05, 0) is 44.4 Å². The van der Waals surface area contributed by atoms with E-state index in [-0.39, 0.29) is 0 Å². The third kappa shape index (κ3) is 1.50. The first-order valence-electron chi connectivity index (χ1n) is 6.18. The first kappa shape index (κ1) is 10.5. The van der Waals surface area contributed by atoms with Crippen molar-refractivity contribution in [3.05, 3.63) is 0 Å². The van der Waals surface area contributed by atoms with E-state index >= 15 is 0 Å². The second-order valence-corrected chi connectivity index (χ2v) is 6.58. The maximum Gasteiger partial charge on any atom is 0.0178 e. The topological polar surface area (TPSA) is 3.24 Å². The highest BCUT2D eigenvalue weighted by Crippen LogP contribution is 2.49. The first-order chi connectivity index (χ1) is 6.41. The van der Waals surface area contributed by atoms with Crippen molar-refractivity contribution in [1.29, 1.82) is 0 Å². The van der Waals surface area contributed by atoms with E-state index in [4.69, 9.17) is 0 Å². The second kappa shape index (κ2) is 3.23. The Bertz CT molecular complexity index is 214. The Morgan fingerprint density at radius 2 is 1.79 bits per heavy atom. The van der Waals surface area contributed by atoms with Crippen molar-refractivity contribution in [2.45, 2.75) is 72.0 Å². The second-order valence-electron chi connectivity index (χ2n) is 6.58. The predicted octanol–water partition coefficient (Wildman–Crippen LogP) is 3.29. The van der Waals surface area contributed by atoms with E-state index in [0.717, 1.165) is 24.0 Å². The molecule has 3 unspecified atom stereocenters. The molecule has 0 aromatic rings. The van der Waals surface area contributed by atoms with Crippen LogP contribution in [0.4, 0.5) is 0 Å². The zero-order valence-corrected chi connectivity index (χ0v) is 10.4. The summed E-state index contributed by atoms with van der Waals surface area (Å²) in [4.78, 5) is 2.80. The van der Waals surface area contributed by atoms with Gasteiger partial charge in [-0.3, -0.25) is 4.90 Å². The van der Waals surface area contributed by atoms with Crippen LogP contribution < -0.4 is 0 Å². The molecule has 1 heteroatoms. The Kier molecular flexibility index (Phi) is 2.42. The summed E-state index contributed by atoms with van der Waals surface area (Å²) in [6, 6.07) is 2.47. The molecule has 2 fully saturated rings. The highest BCUT2D eigenvalue weighted by atomic mass is 15.3. The van der Waals surface area contributed by atoms with Crippen molar-refractivity contribution in [3.63, 3.8) is 0 Å². The lowest BCUT2D eigenvalue weighted by atomic mass is 9.78. The van der Waals surface area contributed by atoms with Crippen LogP contribution in [0, 0.1) is 11.3 Å². The van der Waals surface area contributed by atoms with E-state index in [1.165, 1.54) is 19.3 Å². The van der Waals surface area contributed by atoms with Crippen molar-refractivity contribution < 1.29 is 0 Å². The summed E-state index contributed by atoms with van der Waals surface area (Å²) < 4.78 is 0. The van der Waals surface area contributed by atoms with Crippen molar-refractivity contribution in [1.82, 2.24) is 4.90 Å². The smallest absolute Gasteiger partial charge is 0.0178 e. The molecule has 1 nitrogen and oxygen atoms in total. The average Bonchev–Trinajstić information content (AvgIpc) is 2.58. The fourth-order valence-corrected chi connectivity index (χ4v) is 3.92. The van der Waals surface area contributed by atoms with E-state index in [0.29, 0.717) is 5.41 Å². The van der Waals surface area contributed by atoms with E-state index < -0.39 is 0 Å². The monoisotopic (exact) mass is 195 g/mol. The summed E-state index contributed by atoms with van der Waals surface area (Å²) in [5.74, 6) is 0.988. The van der Waals surface area contributed by atoms with Gasteiger partial charge in [0.25, 0.3) is 0 Å². The lowest BCUT2D eigenvalue weighted by Gasteiger charge is -2.45. The van der Waals surface area contributed by atoms with Crippen LogP contribution in [0.25, 0.3) is 0 Å². The SMILES string of the molecule is CC(C)N1C2CCC(C2)C1C(C)(C)C. The van der Waals surface area contributed by atoms with E-state index in [1.54, 1.807) is 0 Å². The summed E-state index contributed by atoms with van der Waals surface area (Å²) in [7, 11) is 0. The summed E-state index contributed by atoms with van der Waals surface area (Å²) >= 11 is 0. The molecule has 0 aromatic carbocycles. The molecule has 2 aliphatic rings. The molecule has 2 rings (SSSR count). The Morgan fingerprint density at radius 3 is 2.21 bits per heavy atom. The molecule has 0 aromatic heterocycles. The van der Waals surface area contributed by atoms with Gasteiger partial charge in [0.2, 0.25) is 0 Å². The van der Waals surface area contributed by atoms with Crippen LogP contribution in [0.5, 0.6) is 0 Å². The molecular formula is C13H25N. The summed E-state index contributed by atoms with van der Waals surface area (Å²) in [6.07, 6.45) is 4.41. The molecular weight excluding hydrogens is 170 g/mol. The highest BCUT2D eigenvalue weighted by molar-refractivity contribution is 5.04. The highest BCUT2D eigenvalue weighted by Gasteiger charge is 2.50. The fraction of sp³-hybridized carbons (Fsp3) is 1.00. The standard InChI is InChI=1S/C13H25N/c1-9(2)14-11-7-6-10(8-11)12(14)13(3,4)5/h9-12H,6-8H2,1-5H3. The van der Waals surface area contributed by atoms with Gasteiger partial charge in [-0.25, -0.2) is 0 Å². The molecule has 1 heterocycles. The van der Waals surface area contributed by atoms with Gasteiger partial charge in [-0.1, -0.05) is 20.8 Å². The van der Waals surface area contributed by atoms with Gasteiger partial charge in [0, 0.05) is 18.1 Å². The number of piperidine rings is 1. The number of fused-ring (bicyclic) bond motifs is 2. The van der Waals surface area contributed by atoms with Gasteiger partial charge < -0.3 is 0 Å². The Morgan fingerprint density at radius 1 is 1.14 bits per heavy atom. The van der Waals surface area contributed by atoms with Crippen LogP contribution in [0.1, 0.15) is 53.9 Å². The van der Waals surface area contributed by atoms with E-state index in [1.807, 2.05) is 0 Å². The lowest BCUT2D eigenvalue weighted by molar-refractivity contribution is 0.0327. The van der Waals surface area contributed by atoms with Gasteiger partial charge in [0.15, 0.2) is 0 Å². The normalized spacial score (nSPS) is 38.6. The molecule has 1 saturated heterocycles. The summed E-state index contributed by atoms with van der Waals surface area (Å²) in [5, 5.41) is 0. The van der Waals surface area contributed by atoms with Gasteiger partial charge in [-0.2, -0.15) is 0 Å². The van der Waals surface area contributed by atoms with Crippen LogP contribution in [0.15, 0.2) is 0 Å². The van der Waals surface area contributed by atoms with Crippen LogP contribution in [0.2, 0.25) is 0 Å². The molecule has 3 atom stereocenters. The van der Waals surface area contributed by atoms with Gasteiger partial charge in [-0.15, -0.1) is 0 Å². The minimum absolute atomic E-state index is 0.462. The minimum Gasteiger partial charge on any atom is -0.294 e. The zero-order chi connectivity index (χ0) is 10.5. The average molecular weight is 195 g/mol. The van der Waals surface area contributed by atoms with Crippen molar-refractivity contribution >= 4 is 0 Å². The van der Waals surface area contributed by atoms with Crippen molar-refractivity contribution in [3.8, 4) is 0 Å². The molecule has 2 bridgehead atoms. The predicted molar refractivity (Wildman–Crippen MR) is 61.3 cm³/mol. The molecule has 0 spiro atoms. The Balaban J connectivity index is 2.22. The molecule has 0 N–H and O–H groups in total. The molecule has 1 aliphatic heterocycles. The van der Waals surface area contributed by atoms with Gasteiger partial charge in [0.1, 0.15) is 0 Å². The third-order valence-corrected chi connectivity index (χ3v) is 4.12. The fourth-order valence-electron chi connectivity index (χ4n) is 3.92. The first-order valence-corrected chi connectivity index (χ1v) is 6.18. The van der Waals surface area contributed by atoms with Gasteiger partial charge in [0.05, 0.1) is 0 Å². The number of nitrogens with zero attached hydrogens (tertiary/aromatic N) is 1. The van der Waals surface area contributed by atoms with Crippen LogP contribution in [0.3, 0.4) is 0 Å². The number of hydrogen-bond acceptors (Lipinski definition) is 1. The number of likely N-dealkylation sites (tertiary alicyclic amines) is 1.